The van der Waals surface area contributed by atoms with Gasteiger partial charge >= 0.3 is 0 Å². The van der Waals surface area contributed by atoms with Gasteiger partial charge in [0.25, 0.3) is 5.91 Å². The van der Waals surface area contributed by atoms with Gasteiger partial charge in [-0.15, -0.1) is 0 Å². The van der Waals surface area contributed by atoms with Crippen LogP contribution in [0.5, 0.6) is 0 Å². The minimum absolute atomic E-state index is 0.0442. The number of fused-ring (bicyclic) bond motifs is 1. The van der Waals surface area contributed by atoms with Crippen LogP contribution in [0.2, 0.25) is 18.1 Å². The van der Waals surface area contributed by atoms with Crippen LogP contribution >= 0.6 is 0 Å². The average molecular weight is 496 g/mol. The zero-order valence-corrected chi connectivity index (χ0v) is 21.9. The molecule has 186 valence electrons. The third-order valence-corrected chi connectivity index (χ3v) is 12.1. The van der Waals surface area contributed by atoms with Gasteiger partial charge in [0.05, 0.1) is 18.0 Å². The second-order valence-electron chi connectivity index (χ2n) is 11.1. The van der Waals surface area contributed by atoms with Gasteiger partial charge in [-0.05, 0) is 43.1 Å². The molecule has 1 aromatic carbocycles. The molecule has 0 radical (unpaired) electrons. The predicted molar refractivity (Wildman–Crippen MR) is 134 cm³/mol. The van der Waals surface area contributed by atoms with Crippen LogP contribution in [0, 0.1) is 0 Å². The molecule has 0 unspecified atom stereocenters. The van der Waals surface area contributed by atoms with Crippen LogP contribution < -0.4 is 5.32 Å². The molecule has 1 aliphatic heterocycles. The lowest BCUT2D eigenvalue weighted by Gasteiger charge is -2.40. The predicted octanol–water partition coefficient (Wildman–Crippen LogP) is 4.28. The van der Waals surface area contributed by atoms with Crippen LogP contribution in [-0.4, -0.2) is 56.7 Å². The fourth-order valence-corrected chi connectivity index (χ4v) is 5.62. The van der Waals surface area contributed by atoms with Crippen molar-refractivity contribution in [3.8, 4) is 0 Å². The van der Waals surface area contributed by atoms with Crippen molar-refractivity contribution in [2.45, 2.75) is 82.2 Å². The number of nitrogens with one attached hydrogen (secondary N) is 1. The fraction of sp³-hybridized carbons (Fsp3) is 0.520. The van der Waals surface area contributed by atoms with Crippen molar-refractivity contribution >= 4 is 31.2 Å². The zero-order valence-electron chi connectivity index (χ0n) is 20.9. The largest absolute Gasteiger partial charge is 0.411 e. The van der Waals surface area contributed by atoms with Gasteiger partial charge in [-0.3, -0.25) is 9.36 Å². The van der Waals surface area contributed by atoms with Crippen LogP contribution in [0.25, 0.3) is 11.2 Å². The van der Waals surface area contributed by atoms with Gasteiger partial charge in [0.15, 0.2) is 25.3 Å². The van der Waals surface area contributed by atoms with E-state index in [-0.39, 0.29) is 17.0 Å². The van der Waals surface area contributed by atoms with Crippen molar-refractivity contribution in [2.24, 2.45) is 0 Å². The van der Waals surface area contributed by atoms with E-state index in [1.807, 2.05) is 22.8 Å². The first kappa shape index (κ1) is 24.0. The Labute approximate surface area is 206 Å². The molecule has 3 atom stereocenters. The van der Waals surface area contributed by atoms with E-state index in [1.54, 1.807) is 18.5 Å². The van der Waals surface area contributed by atoms with Gasteiger partial charge < -0.3 is 19.6 Å². The minimum atomic E-state index is -2.08. The number of carbonyl (C=O) groups excluding carboxylic acids is 1. The quantitative estimate of drug-likeness (QED) is 0.491. The Hall–Kier alpha value is -2.66. The molecule has 10 heteroatoms. The highest BCUT2D eigenvalue weighted by Crippen LogP contribution is 2.50. The lowest BCUT2D eigenvalue weighted by molar-refractivity contribution is -0.0913. The lowest BCUT2D eigenvalue weighted by atomic mass is 10.1. The van der Waals surface area contributed by atoms with Crippen molar-refractivity contribution in [3.63, 3.8) is 0 Å². The summed E-state index contributed by atoms with van der Waals surface area (Å²) in [5, 5.41) is 13.9. The first-order chi connectivity index (χ1) is 16.5. The monoisotopic (exact) mass is 495 g/mol. The summed E-state index contributed by atoms with van der Waals surface area (Å²) in [6.45, 7) is 11.1. The molecule has 1 saturated carbocycles. The smallest absolute Gasteiger partial charge is 0.256 e. The number of hydrogen-bond donors (Lipinski definition) is 2. The second kappa shape index (κ2) is 8.47. The van der Waals surface area contributed by atoms with Gasteiger partial charge in [-0.25, -0.2) is 15.0 Å². The van der Waals surface area contributed by atoms with Crippen LogP contribution in [0.4, 0.5) is 5.82 Å². The van der Waals surface area contributed by atoms with E-state index in [1.165, 1.54) is 6.33 Å². The molecular formula is C25H33N5O4Si. The zero-order chi connectivity index (χ0) is 25.0. The molecule has 5 rings (SSSR count). The first-order valence-electron chi connectivity index (χ1n) is 12.1. The van der Waals surface area contributed by atoms with E-state index in [2.05, 4.69) is 54.1 Å². The number of imidazole rings is 1. The molecule has 2 aromatic heterocycles. The Morgan fingerprint density at radius 2 is 1.91 bits per heavy atom. The first-order valence-corrected chi connectivity index (χ1v) is 15.0. The number of nitrogens with zero attached hydrogens (tertiary/aromatic N) is 4. The molecule has 2 aliphatic rings. The van der Waals surface area contributed by atoms with E-state index < -0.39 is 26.3 Å². The maximum Gasteiger partial charge on any atom is 0.256 e. The summed E-state index contributed by atoms with van der Waals surface area (Å²) in [7, 11) is -2.08. The molecule has 0 spiro atoms. The van der Waals surface area contributed by atoms with Crippen molar-refractivity contribution in [3.05, 3.63) is 48.5 Å². The number of hydrogen-bond acceptors (Lipinski definition) is 7. The van der Waals surface area contributed by atoms with Crippen molar-refractivity contribution in [1.82, 2.24) is 19.5 Å². The minimum Gasteiger partial charge on any atom is -0.411 e. The summed E-state index contributed by atoms with van der Waals surface area (Å²) in [5.74, 6) is 0.0724. The van der Waals surface area contributed by atoms with Crippen LogP contribution in [0.3, 0.4) is 0 Å². The van der Waals surface area contributed by atoms with Crippen LogP contribution in [0.1, 0.15) is 56.6 Å². The number of amides is 1. The molecule has 3 heterocycles. The second-order valence-corrected chi connectivity index (χ2v) is 15.9. The molecule has 0 bridgehead atoms. The standard InChI is InChI=1S/C25H33N5O4Si/c1-24(2,3)35(4,5)34-17-13-18(33-20(17)25(32)11-12-25)30-15-28-19-21(26-14-27-22(19)30)29-23(31)16-9-7-6-8-10-16/h6-10,14-15,17-18,20,32H,11-13H2,1-5H3,(H,26,27,29,31)/t17-,18-,20+/m1/s1. The Balaban J connectivity index is 1.41. The summed E-state index contributed by atoms with van der Waals surface area (Å²) >= 11 is 0. The van der Waals surface area contributed by atoms with Gasteiger partial charge in [0.2, 0.25) is 0 Å². The topological polar surface area (TPSA) is 111 Å². The molecule has 1 saturated heterocycles. The van der Waals surface area contributed by atoms with E-state index in [9.17, 15) is 9.90 Å². The van der Waals surface area contributed by atoms with E-state index in [4.69, 9.17) is 9.16 Å². The number of anilines is 1. The molecule has 1 amide bonds. The summed E-state index contributed by atoms with van der Waals surface area (Å²) in [4.78, 5) is 25.8. The number of aliphatic hydroxyl groups is 1. The summed E-state index contributed by atoms with van der Waals surface area (Å²) < 4.78 is 15.0. The number of aromatic nitrogens is 4. The van der Waals surface area contributed by atoms with E-state index >= 15 is 0 Å². The van der Waals surface area contributed by atoms with E-state index in [0.717, 1.165) is 0 Å². The van der Waals surface area contributed by atoms with Gasteiger partial charge in [0.1, 0.15) is 18.7 Å². The van der Waals surface area contributed by atoms with Crippen LogP contribution in [-0.2, 0) is 9.16 Å². The Kier molecular flexibility index (Phi) is 5.82. The van der Waals surface area contributed by atoms with Gasteiger partial charge in [-0.2, -0.15) is 0 Å². The fourth-order valence-electron chi connectivity index (χ4n) is 4.29. The maximum atomic E-state index is 12.7. The van der Waals surface area contributed by atoms with Crippen molar-refractivity contribution in [2.75, 3.05) is 5.32 Å². The lowest BCUT2D eigenvalue weighted by Crippen LogP contribution is -2.48. The summed E-state index contributed by atoms with van der Waals surface area (Å²) in [5.41, 5.74) is 0.727. The third-order valence-electron chi connectivity index (χ3n) is 7.56. The number of rotatable bonds is 6. The SMILES string of the molecule is CC(C)(C)[Si](C)(C)O[C@@H]1C[C@H](n2cnc3c(NC(=O)c4ccccc4)ncnc32)O[C@@H]1C1(O)CC1. The number of ether oxygens (including phenoxy) is 1. The molecule has 1 aliphatic carbocycles. The van der Waals surface area contributed by atoms with Gasteiger partial charge in [-0.1, -0.05) is 39.0 Å². The molecule has 35 heavy (non-hydrogen) atoms. The Morgan fingerprint density at radius 3 is 2.57 bits per heavy atom. The van der Waals surface area contributed by atoms with Crippen LogP contribution in [0.15, 0.2) is 43.0 Å². The normalized spacial score (nSPS) is 24.0. The summed E-state index contributed by atoms with van der Waals surface area (Å²) in [6.07, 6.45) is 4.06. The van der Waals surface area contributed by atoms with Crippen molar-refractivity contribution < 1.29 is 19.1 Å². The Morgan fingerprint density at radius 1 is 1.20 bits per heavy atom. The highest BCUT2D eigenvalue weighted by Gasteiger charge is 2.58. The molecule has 2 N–H and O–H groups in total. The van der Waals surface area contributed by atoms with Crippen molar-refractivity contribution in [1.29, 1.82) is 0 Å². The average Bonchev–Trinajstić information content (AvgIpc) is 3.20. The summed E-state index contributed by atoms with van der Waals surface area (Å²) in [6, 6.07) is 8.96. The molecule has 3 aromatic rings. The van der Waals surface area contributed by atoms with Gasteiger partial charge in [0, 0.05) is 12.0 Å². The Bertz CT molecular complexity index is 1240. The third kappa shape index (κ3) is 4.51. The number of benzene rings is 1. The molecular weight excluding hydrogens is 462 g/mol. The maximum absolute atomic E-state index is 12.7. The molecule has 2 fully saturated rings. The highest BCUT2D eigenvalue weighted by molar-refractivity contribution is 6.74. The highest BCUT2D eigenvalue weighted by atomic mass is 28.4. The van der Waals surface area contributed by atoms with E-state index in [0.29, 0.717) is 41.8 Å². The number of carbonyl (C=O) groups is 1. The molecule has 9 nitrogen and oxygen atoms in total.